The van der Waals surface area contributed by atoms with Gasteiger partial charge in [-0.1, -0.05) is 0 Å². The molecule has 0 unspecified atom stereocenters. The van der Waals surface area contributed by atoms with Gasteiger partial charge in [0.1, 0.15) is 0 Å². The Balaban J connectivity index is 2.03. The number of hydrogen-bond donors (Lipinski definition) is 1. The molecule has 2 rings (SSSR count). The van der Waals surface area contributed by atoms with E-state index in [-0.39, 0.29) is 5.91 Å². The second kappa shape index (κ2) is 6.01. The van der Waals surface area contributed by atoms with Crippen LogP contribution in [-0.2, 0) is 11.8 Å². The van der Waals surface area contributed by atoms with Crippen molar-refractivity contribution >= 4 is 40.3 Å². The third kappa shape index (κ3) is 3.92. The van der Waals surface area contributed by atoms with E-state index in [1.54, 1.807) is 17.0 Å². The van der Waals surface area contributed by atoms with Crippen molar-refractivity contribution in [1.29, 1.82) is 0 Å². The minimum absolute atomic E-state index is 0.145. The third-order valence-corrected chi connectivity index (χ3v) is 3.27. The highest BCUT2D eigenvalue weighted by atomic mass is 127. The van der Waals surface area contributed by atoms with Gasteiger partial charge in [-0.05, 0) is 59.4 Å². The van der Waals surface area contributed by atoms with E-state index in [2.05, 4.69) is 33.0 Å². The van der Waals surface area contributed by atoms with Crippen molar-refractivity contribution in [3.8, 4) is 0 Å². The van der Waals surface area contributed by atoms with Gasteiger partial charge in [0, 0.05) is 34.1 Å². The lowest BCUT2D eigenvalue weighted by molar-refractivity contribution is -0.111. The van der Waals surface area contributed by atoms with E-state index in [1.165, 1.54) is 6.08 Å². The van der Waals surface area contributed by atoms with E-state index in [0.29, 0.717) is 0 Å². The van der Waals surface area contributed by atoms with Gasteiger partial charge in [0.2, 0.25) is 5.91 Å². The van der Waals surface area contributed by atoms with Crippen molar-refractivity contribution in [2.24, 2.45) is 7.05 Å². The minimum atomic E-state index is -0.145. The highest BCUT2D eigenvalue weighted by molar-refractivity contribution is 14.1. The topological polar surface area (TPSA) is 46.9 Å². The number of aryl methyl sites for hydroxylation is 2. The van der Waals surface area contributed by atoms with Crippen LogP contribution in [0.4, 0.5) is 5.69 Å². The molecule has 1 amide bonds. The molecule has 1 aromatic heterocycles. The monoisotopic (exact) mass is 367 g/mol. The number of anilines is 1. The van der Waals surface area contributed by atoms with Gasteiger partial charge in [-0.2, -0.15) is 5.10 Å². The van der Waals surface area contributed by atoms with Crippen LogP contribution >= 0.6 is 22.6 Å². The molecular weight excluding hydrogens is 353 g/mol. The number of aromatic nitrogens is 2. The summed E-state index contributed by atoms with van der Waals surface area (Å²) in [5, 5.41) is 6.89. The molecule has 0 atom stereocenters. The fraction of sp³-hybridized carbons (Fsp3) is 0.143. The SMILES string of the molecule is Cc1cc(I)ccc1NC(=O)/C=C/c1cnn(C)c1. The molecule has 5 heteroatoms. The van der Waals surface area contributed by atoms with Gasteiger partial charge < -0.3 is 5.32 Å². The Labute approximate surface area is 125 Å². The fourth-order valence-electron chi connectivity index (χ4n) is 1.64. The number of carbonyl (C=O) groups excluding carboxylic acids is 1. The molecule has 0 bridgehead atoms. The largest absolute Gasteiger partial charge is 0.322 e. The highest BCUT2D eigenvalue weighted by Crippen LogP contribution is 2.17. The lowest BCUT2D eigenvalue weighted by Gasteiger charge is -2.06. The average Bonchev–Trinajstić information content (AvgIpc) is 2.76. The van der Waals surface area contributed by atoms with Crippen molar-refractivity contribution < 1.29 is 4.79 Å². The molecule has 98 valence electrons. The molecule has 0 aliphatic heterocycles. The molecule has 0 saturated heterocycles. The van der Waals surface area contributed by atoms with Crippen molar-refractivity contribution in [2.45, 2.75) is 6.92 Å². The van der Waals surface area contributed by atoms with Crippen molar-refractivity contribution in [3.63, 3.8) is 0 Å². The number of nitrogens with one attached hydrogen (secondary N) is 1. The summed E-state index contributed by atoms with van der Waals surface area (Å²) in [7, 11) is 1.84. The molecule has 1 N–H and O–H groups in total. The standard InChI is InChI=1S/C14H14IN3O/c1-10-7-12(15)4-5-13(10)17-14(19)6-3-11-8-16-18(2)9-11/h3-9H,1-2H3,(H,17,19)/b6-3+. The van der Waals surface area contributed by atoms with Gasteiger partial charge in [-0.15, -0.1) is 0 Å². The molecule has 1 aromatic carbocycles. The zero-order chi connectivity index (χ0) is 13.8. The zero-order valence-corrected chi connectivity index (χ0v) is 12.9. The number of hydrogen-bond acceptors (Lipinski definition) is 2. The number of benzene rings is 1. The van der Waals surface area contributed by atoms with Crippen LogP contribution < -0.4 is 5.32 Å². The summed E-state index contributed by atoms with van der Waals surface area (Å²) in [6.07, 6.45) is 6.80. The van der Waals surface area contributed by atoms with Gasteiger partial charge in [-0.25, -0.2) is 0 Å². The number of rotatable bonds is 3. The van der Waals surface area contributed by atoms with Crippen LogP contribution in [0, 0.1) is 10.5 Å². The summed E-state index contributed by atoms with van der Waals surface area (Å²) in [5.74, 6) is -0.145. The number of nitrogens with zero attached hydrogens (tertiary/aromatic N) is 2. The summed E-state index contributed by atoms with van der Waals surface area (Å²) in [4.78, 5) is 11.8. The maximum Gasteiger partial charge on any atom is 0.248 e. The summed E-state index contributed by atoms with van der Waals surface area (Å²) >= 11 is 2.25. The first-order valence-electron chi connectivity index (χ1n) is 5.78. The van der Waals surface area contributed by atoms with E-state index >= 15 is 0 Å². The van der Waals surface area contributed by atoms with E-state index in [9.17, 15) is 4.79 Å². The molecule has 2 aromatic rings. The van der Waals surface area contributed by atoms with Crippen molar-refractivity contribution in [2.75, 3.05) is 5.32 Å². The number of carbonyl (C=O) groups is 1. The first kappa shape index (κ1) is 13.8. The van der Waals surface area contributed by atoms with Crippen LogP contribution in [0.2, 0.25) is 0 Å². The smallest absolute Gasteiger partial charge is 0.248 e. The lowest BCUT2D eigenvalue weighted by Crippen LogP contribution is -2.08. The molecule has 0 aliphatic carbocycles. The predicted molar refractivity (Wildman–Crippen MR) is 84.8 cm³/mol. The van der Waals surface area contributed by atoms with Gasteiger partial charge >= 0.3 is 0 Å². The van der Waals surface area contributed by atoms with Gasteiger partial charge in [-0.3, -0.25) is 9.48 Å². The van der Waals surface area contributed by atoms with Crippen LogP contribution in [0.3, 0.4) is 0 Å². The number of amides is 1. The minimum Gasteiger partial charge on any atom is -0.322 e. The molecule has 0 aliphatic rings. The normalized spacial score (nSPS) is 10.9. The zero-order valence-electron chi connectivity index (χ0n) is 10.7. The average molecular weight is 367 g/mol. The Hall–Kier alpha value is -1.63. The van der Waals surface area contributed by atoms with E-state index in [0.717, 1.165) is 20.4 Å². The number of halogens is 1. The van der Waals surface area contributed by atoms with Gasteiger partial charge in [0.05, 0.1) is 6.20 Å². The molecule has 4 nitrogen and oxygen atoms in total. The van der Waals surface area contributed by atoms with Crippen molar-refractivity contribution in [1.82, 2.24) is 9.78 Å². The molecule has 0 saturated carbocycles. The molecule has 0 radical (unpaired) electrons. The Bertz CT molecular complexity index is 631. The van der Waals surface area contributed by atoms with Gasteiger partial charge in [0.25, 0.3) is 0 Å². The summed E-state index contributed by atoms with van der Waals surface area (Å²) in [6, 6.07) is 5.90. The molecule has 0 fully saturated rings. The van der Waals surface area contributed by atoms with Crippen LogP contribution in [0.25, 0.3) is 6.08 Å². The van der Waals surface area contributed by atoms with Crippen LogP contribution in [0.1, 0.15) is 11.1 Å². The molecule has 1 heterocycles. The molecular formula is C14H14IN3O. The Morgan fingerprint density at radius 3 is 2.89 bits per heavy atom. The third-order valence-electron chi connectivity index (χ3n) is 2.60. The molecule has 0 spiro atoms. The summed E-state index contributed by atoms with van der Waals surface area (Å²) in [5.41, 5.74) is 2.79. The summed E-state index contributed by atoms with van der Waals surface area (Å²) < 4.78 is 2.85. The Kier molecular flexibility index (Phi) is 4.36. The molecule has 19 heavy (non-hydrogen) atoms. The highest BCUT2D eigenvalue weighted by Gasteiger charge is 2.02. The van der Waals surface area contributed by atoms with E-state index in [1.807, 2.05) is 38.4 Å². The maximum atomic E-state index is 11.8. The van der Waals surface area contributed by atoms with Crippen LogP contribution in [0.15, 0.2) is 36.7 Å². The quantitative estimate of drug-likeness (QED) is 0.670. The first-order chi connectivity index (χ1) is 9.04. The predicted octanol–water partition coefficient (Wildman–Crippen LogP) is 2.99. The second-order valence-corrected chi connectivity index (χ2v) is 5.47. The van der Waals surface area contributed by atoms with Crippen LogP contribution in [0.5, 0.6) is 0 Å². The lowest BCUT2D eigenvalue weighted by atomic mass is 10.2. The Morgan fingerprint density at radius 2 is 2.26 bits per heavy atom. The second-order valence-electron chi connectivity index (χ2n) is 4.23. The van der Waals surface area contributed by atoms with Crippen molar-refractivity contribution in [3.05, 3.63) is 51.4 Å². The van der Waals surface area contributed by atoms with Gasteiger partial charge in [0.15, 0.2) is 0 Å². The summed E-state index contributed by atoms with van der Waals surface area (Å²) in [6.45, 7) is 1.97. The van der Waals surface area contributed by atoms with E-state index in [4.69, 9.17) is 0 Å². The van der Waals surface area contributed by atoms with Crippen LogP contribution in [-0.4, -0.2) is 15.7 Å². The Morgan fingerprint density at radius 1 is 1.47 bits per heavy atom. The van der Waals surface area contributed by atoms with E-state index < -0.39 is 0 Å². The first-order valence-corrected chi connectivity index (χ1v) is 6.86. The fourth-order valence-corrected chi connectivity index (χ4v) is 2.29. The maximum absolute atomic E-state index is 11.8.